The van der Waals surface area contributed by atoms with Crippen molar-refractivity contribution in [3.8, 4) is 5.75 Å². The summed E-state index contributed by atoms with van der Waals surface area (Å²) < 4.78 is 5.36. The molecule has 0 aliphatic carbocycles. The molecule has 3 nitrogen and oxygen atoms in total. The Morgan fingerprint density at radius 2 is 1.80 bits per heavy atom. The van der Waals surface area contributed by atoms with E-state index in [2.05, 4.69) is 6.58 Å². The first-order chi connectivity index (χ1) is 7.22. The number of aliphatic hydroxyl groups excluding tert-OH is 2. The first-order valence-corrected chi connectivity index (χ1v) is 4.87. The maximum Gasteiger partial charge on any atom is 0.130 e. The quantitative estimate of drug-likeness (QED) is 0.757. The van der Waals surface area contributed by atoms with Crippen LogP contribution in [0.4, 0.5) is 0 Å². The number of halogens is 1. The summed E-state index contributed by atoms with van der Waals surface area (Å²) in [5.41, 5.74) is 1.13. The van der Waals surface area contributed by atoms with E-state index < -0.39 is 0 Å². The summed E-state index contributed by atoms with van der Waals surface area (Å²) in [4.78, 5) is 0. The van der Waals surface area contributed by atoms with E-state index in [9.17, 15) is 0 Å². The van der Waals surface area contributed by atoms with Gasteiger partial charge in [0, 0.05) is 16.1 Å². The van der Waals surface area contributed by atoms with E-state index in [1.54, 1.807) is 18.2 Å². The Bertz CT molecular complexity index is 325. The monoisotopic (exact) mass is 228 g/mol. The summed E-state index contributed by atoms with van der Waals surface area (Å²) in [5.74, 6) is 0.476. The number of hydrogen-bond donors (Lipinski definition) is 2. The third-order valence-electron chi connectivity index (χ3n) is 1.89. The van der Waals surface area contributed by atoms with Gasteiger partial charge in [-0.1, -0.05) is 24.3 Å². The smallest absolute Gasteiger partial charge is 0.130 e. The summed E-state index contributed by atoms with van der Waals surface area (Å²) in [5, 5.41) is 18.7. The molecule has 1 aromatic rings. The molecule has 0 heterocycles. The van der Waals surface area contributed by atoms with E-state index in [0.717, 1.165) is 0 Å². The fraction of sp³-hybridized carbons (Fsp3) is 0.273. The average molecular weight is 229 g/mol. The Hall–Kier alpha value is -1.03. The highest BCUT2D eigenvalue weighted by molar-refractivity contribution is 6.30. The van der Waals surface area contributed by atoms with E-state index in [-0.39, 0.29) is 13.2 Å². The molecule has 0 fully saturated rings. The zero-order valence-corrected chi connectivity index (χ0v) is 9.00. The van der Waals surface area contributed by atoms with Crippen molar-refractivity contribution in [2.75, 3.05) is 6.61 Å². The summed E-state index contributed by atoms with van der Waals surface area (Å²) >= 11 is 5.82. The van der Waals surface area contributed by atoms with Crippen molar-refractivity contribution in [1.29, 1.82) is 0 Å². The fourth-order valence-corrected chi connectivity index (χ4v) is 1.54. The second-order valence-corrected chi connectivity index (χ2v) is 3.41. The fourth-order valence-electron chi connectivity index (χ4n) is 1.27. The molecule has 0 saturated heterocycles. The van der Waals surface area contributed by atoms with Crippen molar-refractivity contribution in [2.24, 2.45) is 0 Å². The molecule has 0 aromatic heterocycles. The van der Waals surface area contributed by atoms with Gasteiger partial charge < -0.3 is 14.9 Å². The van der Waals surface area contributed by atoms with Gasteiger partial charge in [0.2, 0.25) is 0 Å². The molecule has 0 unspecified atom stereocenters. The molecule has 82 valence electrons. The Kier molecular flexibility index (Phi) is 4.62. The molecule has 0 atom stereocenters. The number of aliphatic hydroxyl groups is 2. The summed E-state index contributed by atoms with van der Waals surface area (Å²) in [6.45, 7) is 3.49. The van der Waals surface area contributed by atoms with Crippen LogP contribution in [-0.4, -0.2) is 16.8 Å². The second kappa shape index (κ2) is 5.75. The second-order valence-electron chi connectivity index (χ2n) is 2.97. The number of hydrogen-bond acceptors (Lipinski definition) is 3. The summed E-state index contributed by atoms with van der Waals surface area (Å²) in [6, 6.07) is 3.22. The van der Waals surface area contributed by atoms with Crippen LogP contribution in [0.15, 0.2) is 24.8 Å². The van der Waals surface area contributed by atoms with Crippen LogP contribution in [-0.2, 0) is 13.2 Å². The standard InChI is InChI=1S/C11H13ClO3/c1-2-3-15-11-8(6-13)4-10(12)5-9(11)7-14/h2,4-5,13-14H,1,3,6-7H2. The molecule has 1 aromatic carbocycles. The van der Waals surface area contributed by atoms with Gasteiger partial charge >= 0.3 is 0 Å². The van der Waals surface area contributed by atoms with Crippen LogP contribution in [0.3, 0.4) is 0 Å². The van der Waals surface area contributed by atoms with Crippen molar-refractivity contribution in [3.05, 3.63) is 40.9 Å². The van der Waals surface area contributed by atoms with Gasteiger partial charge in [-0.25, -0.2) is 0 Å². The van der Waals surface area contributed by atoms with E-state index >= 15 is 0 Å². The number of benzene rings is 1. The number of ether oxygens (including phenoxy) is 1. The van der Waals surface area contributed by atoms with E-state index in [1.165, 1.54) is 0 Å². The lowest BCUT2D eigenvalue weighted by molar-refractivity contribution is 0.255. The molecule has 0 aliphatic rings. The van der Waals surface area contributed by atoms with Crippen LogP contribution >= 0.6 is 11.6 Å². The molecular weight excluding hydrogens is 216 g/mol. The Morgan fingerprint density at radius 1 is 1.27 bits per heavy atom. The Labute approximate surface area is 93.6 Å². The lowest BCUT2D eigenvalue weighted by Crippen LogP contribution is -2.02. The summed E-state index contributed by atoms with van der Waals surface area (Å²) in [6.07, 6.45) is 1.59. The van der Waals surface area contributed by atoms with Crippen molar-refractivity contribution in [1.82, 2.24) is 0 Å². The molecule has 0 bridgehead atoms. The van der Waals surface area contributed by atoms with Crippen LogP contribution in [0, 0.1) is 0 Å². The topological polar surface area (TPSA) is 49.7 Å². The third-order valence-corrected chi connectivity index (χ3v) is 2.11. The minimum atomic E-state index is -0.181. The van der Waals surface area contributed by atoms with Gasteiger partial charge in [0.25, 0.3) is 0 Å². The minimum Gasteiger partial charge on any atom is -0.489 e. The highest BCUT2D eigenvalue weighted by Crippen LogP contribution is 2.28. The van der Waals surface area contributed by atoms with Gasteiger partial charge in [-0.3, -0.25) is 0 Å². The molecule has 0 spiro atoms. The van der Waals surface area contributed by atoms with E-state index in [4.69, 9.17) is 26.6 Å². The lowest BCUT2D eigenvalue weighted by atomic mass is 10.1. The predicted molar refractivity (Wildman–Crippen MR) is 59.0 cm³/mol. The maximum atomic E-state index is 9.12. The lowest BCUT2D eigenvalue weighted by Gasteiger charge is -2.13. The molecular formula is C11H13ClO3. The van der Waals surface area contributed by atoms with Gasteiger partial charge in [-0.2, -0.15) is 0 Å². The SMILES string of the molecule is C=CCOc1c(CO)cc(Cl)cc1CO. The van der Waals surface area contributed by atoms with Gasteiger partial charge in [0.05, 0.1) is 13.2 Å². The first kappa shape index (κ1) is 12.0. The Balaban J connectivity index is 3.11. The largest absolute Gasteiger partial charge is 0.489 e. The highest BCUT2D eigenvalue weighted by Gasteiger charge is 2.10. The minimum absolute atomic E-state index is 0.181. The summed E-state index contributed by atoms with van der Waals surface area (Å²) in [7, 11) is 0. The molecule has 2 N–H and O–H groups in total. The molecule has 0 aliphatic heterocycles. The van der Waals surface area contributed by atoms with Crippen LogP contribution in [0.2, 0.25) is 5.02 Å². The van der Waals surface area contributed by atoms with Crippen molar-refractivity contribution in [3.63, 3.8) is 0 Å². The first-order valence-electron chi connectivity index (χ1n) is 4.49. The van der Waals surface area contributed by atoms with Crippen molar-refractivity contribution >= 4 is 11.6 Å². The molecule has 0 amide bonds. The Morgan fingerprint density at radius 3 is 2.20 bits per heavy atom. The molecule has 0 radical (unpaired) electrons. The van der Waals surface area contributed by atoms with E-state index in [1.807, 2.05) is 0 Å². The zero-order chi connectivity index (χ0) is 11.3. The van der Waals surface area contributed by atoms with Crippen LogP contribution < -0.4 is 4.74 Å². The highest BCUT2D eigenvalue weighted by atomic mass is 35.5. The molecule has 4 heteroatoms. The molecule has 0 saturated carbocycles. The van der Waals surface area contributed by atoms with Crippen molar-refractivity contribution in [2.45, 2.75) is 13.2 Å². The van der Waals surface area contributed by atoms with Crippen LogP contribution in [0.1, 0.15) is 11.1 Å². The molecule has 15 heavy (non-hydrogen) atoms. The van der Waals surface area contributed by atoms with Crippen LogP contribution in [0.5, 0.6) is 5.75 Å². The maximum absolute atomic E-state index is 9.12. The normalized spacial score (nSPS) is 10.1. The van der Waals surface area contributed by atoms with Gasteiger partial charge in [-0.05, 0) is 12.1 Å². The van der Waals surface area contributed by atoms with Gasteiger partial charge in [0.1, 0.15) is 12.4 Å². The number of rotatable bonds is 5. The van der Waals surface area contributed by atoms with Gasteiger partial charge in [-0.15, -0.1) is 0 Å². The van der Waals surface area contributed by atoms with Crippen molar-refractivity contribution < 1.29 is 14.9 Å². The molecule has 1 rings (SSSR count). The van der Waals surface area contributed by atoms with Gasteiger partial charge in [0.15, 0.2) is 0 Å². The average Bonchev–Trinajstić information content (AvgIpc) is 2.26. The third kappa shape index (κ3) is 2.96. The van der Waals surface area contributed by atoms with E-state index in [0.29, 0.717) is 28.5 Å². The zero-order valence-electron chi connectivity index (χ0n) is 8.24. The van der Waals surface area contributed by atoms with Crippen LogP contribution in [0.25, 0.3) is 0 Å². The predicted octanol–water partition coefficient (Wildman–Crippen LogP) is 1.89.